The smallest absolute Gasteiger partial charge is 0.276 e. The van der Waals surface area contributed by atoms with Crippen molar-refractivity contribution in [3.8, 4) is 5.75 Å². The molecule has 136 valence electrons. The second-order valence-corrected chi connectivity index (χ2v) is 8.13. The quantitative estimate of drug-likeness (QED) is 0.326. The third kappa shape index (κ3) is 5.97. The van der Waals surface area contributed by atoms with Crippen LogP contribution < -0.4 is 4.74 Å². The number of aromatic nitrogens is 2. The van der Waals surface area contributed by atoms with E-state index >= 15 is 0 Å². The van der Waals surface area contributed by atoms with Gasteiger partial charge in [0.15, 0.2) is 6.61 Å². The topological polar surface area (TPSA) is 48.2 Å². The van der Waals surface area contributed by atoms with Crippen LogP contribution in [0.1, 0.15) is 17.9 Å². The highest BCUT2D eigenvalue weighted by molar-refractivity contribution is 8.00. The first kappa shape index (κ1) is 19.1. The lowest BCUT2D eigenvalue weighted by molar-refractivity contribution is 0.252. The molecule has 0 spiro atoms. The molecule has 4 nitrogen and oxygen atoms in total. The number of halogens is 1. The van der Waals surface area contributed by atoms with E-state index in [-0.39, 0.29) is 6.61 Å². The molecular formula is C19H19ClN2O2S2. The molecule has 0 aliphatic heterocycles. The maximum Gasteiger partial charge on any atom is 0.276 e. The zero-order valence-electron chi connectivity index (χ0n) is 14.4. The number of thioether (sulfide) groups is 2. The van der Waals surface area contributed by atoms with Crippen LogP contribution in [0.15, 0.2) is 63.1 Å². The van der Waals surface area contributed by atoms with Crippen LogP contribution in [0.25, 0.3) is 0 Å². The SMILES string of the molecule is Cc1ccc(OCc2nnc(SCCCSc3ccccc3Cl)o2)cc1. The Kier molecular flexibility index (Phi) is 7.29. The second kappa shape index (κ2) is 9.90. The van der Waals surface area contributed by atoms with Gasteiger partial charge in [0, 0.05) is 10.6 Å². The lowest BCUT2D eigenvalue weighted by Crippen LogP contribution is -1.95. The average Bonchev–Trinajstić information content (AvgIpc) is 3.10. The summed E-state index contributed by atoms with van der Waals surface area (Å²) in [6, 6.07) is 15.8. The lowest BCUT2D eigenvalue weighted by atomic mass is 10.2. The molecule has 0 aliphatic rings. The summed E-state index contributed by atoms with van der Waals surface area (Å²) < 4.78 is 11.2. The van der Waals surface area contributed by atoms with Crippen molar-refractivity contribution in [3.63, 3.8) is 0 Å². The summed E-state index contributed by atoms with van der Waals surface area (Å²) in [5, 5.41) is 9.46. The number of rotatable bonds is 9. The van der Waals surface area contributed by atoms with Crippen molar-refractivity contribution in [1.82, 2.24) is 10.2 Å². The standard InChI is InChI=1S/C19H19ClN2O2S2/c1-14-7-9-15(10-8-14)23-13-18-21-22-19(24-18)26-12-4-11-25-17-6-3-2-5-16(17)20/h2-3,5-10H,4,11-13H2,1H3. The van der Waals surface area contributed by atoms with Gasteiger partial charge in [0.2, 0.25) is 0 Å². The van der Waals surface area contributed by atoms with Gasteiger partial charge in [-0.15, -0.1) is 22.0 Å². The van der Waals surface area contributed by atoms with E-state index < -0.39 is 0 Å². The van der Waals surface area contributed by atoms with Crippen LogP contribution in [-0.2, 0) is 6.61 Å². The van der Waals surface area contributed by atoms with E-state index in [1.165, 1.54) is 5.56 Å². The summed E-state index contributed by atoms with van der Waals surface area (Å²) in [4.78, 5) is 1.12. The molecule has 3 aromatic rings. The van der Waals surface area contributed by atoms with E-state index in [0.717, 1.165) is 33.6 Å². The molecule has 0 saturated heterocycles. The monoisotopic (exact) mass is 406 g/mol. The van der Waals surface area contributed by atoms with Crippen molar-refractivity contribution in [2.75, 3.05) is 11.5 Å². The predicted octanol–water partition coefficient (Wildman–Crippen LogP) is 5.88. The largest absolute Gasteiger partial charge is 0.484 e. The molecule has 0 atom stereocenters. The summed E-state index contributed by atoms with van der Waals surface area (Å²) in [7, 11) is 0. The highest BCUT2D eigenvalue weighted by Gasteiger charge is 2.08. The molecule has 2 aromatic carbocycles. The van der Waals surface area contributed by atoms with Crippen LogP contribution in [0.4, 0.5) is 0 Å². The van der Waals surface area contributed by atoms with E-state index in [9.17, 15) is 0 Å². The van der Waals surface area contributed by atoms with Crippen LogP contribution in [0.2, 0.25) is 5.02 Å². The minimum Gasteiger partial charge on any atom is -0.484 e. The maximum atomic E-state index is 6.15. The summed E-state index contributed by atoms with van der Waals surface area (Å²) >= 11 is 9.47. The maximum absolute atomic E-state index is 6.15. The second-order valence-electron chi connectivity index (χ2n) is 5.54. The first-order valence-corrected chi connectivity index (χ1v) is 10.6. The molecular weight excluding hydrogens is 388 g/mol. The fourth-order valence-electron chi connectivity index (χ4n) is 2.10. The Hall–Kier alpha value is -1.63. The van der Waals surface area contributed by atoms with Gasteiger partial charge in [-0.1, -0.05) is 53.2 Å². The molecule has 26 heavy (non-hydrogen) atoms. The fourth-order valence-corrected chi connectivity index (χ4v) is 4.19. The molecule has 1 aromatic heterocycles. The van der Waals surface area contributed by atoms with Crippen molar-refractivity contribution in [3.05, 3.63) is 65.0 Å². The first-order valence-electron chi connectivity index (χ1n) is 8.23. The van der Waals surface area contributed by atoms with Crippen LogP contribution in [-0.4, -0.2) is 21.7 Å². The Morgan fingerprint density at radius 2 is 1.77 bits per heavy atom. The zero-order valence-corrected chi connectivity index (χ0v) is 16.7. The van der Waals surface area contributed by atoms with Gasteiger partial charge in [0.1, 0.15) is 5.75 Å². The molecule has 0 fully saturated rings. The highest BCUT2D eigenvalue weighted by Crippen LogP contribution is 2.28. The Bertz CT molecular complexity index is 824. The van der Waals surface area contributed by atoms with Crippen LogP contribution in [0, 0.1) is 6.92 Å². The highest BCUT2D eigenvalue weighted by atomic mass is 35.5. The summed E-state index contributed by atoms with van der Waals surface area (Å²) in [5.41, 5.74) is 1.20. The molecule has 0 saturated carbocycles. The van der Waals surface area contributed by atoms with Gasteiger partial charge in [0.25, 0.3) is 11.1 Å². The van der Waals surface area contributed by atoms with E-state index in [2.05, 4.69) is 10.2 Å². The summed E-state index contributed by atoms with van der Waals surface area (Å²) in [6.45, 7) is 2.32. The van der Waals surface area contributed by atoms with Crippen molar-refractivity contribution in [2.24, 2.45) is 0 Å². The number of hydrogen-bond acceptors (Lipinski definition) is 6. The van der Waals surface area contributed by atoms with Gasteiger partial charge < -0.3 is 9.15 Å². The number of ether oxygens (including phenoxy) is 1. The van der Waals surface area contributed by atoms with Crippen molar-refractivity contribution in [2.45, 2.75) is 30.1 Å². The van der Waals surface area contributed by atoms with Gasteiger partial charge in [-0.3, -0.25) is 0 Å². The zero-order chi connectivity index (χ0) is 18.2. The molecule has 1 heterocycles. The Morgan fingerprint density at radius 3 is 2.58 bits per heavy atom. The van der Waals surface area contributed by atoms with E-state index in [1.807, 2.05) is 55.5 Å². The number of benzene rings is 2. The summed E-state index contributed by atoms with van der Waals surface area (Å²) in [6.07, 6.45) is 1.03. The van der Waals surface area contributed by atoms with E-state index in [0.29, 0.717) is 11.1 Å². The number of aryl methyl sites for hydroxylation is 1. The third-order valence-electron chi connectivity index (χ3n) is 3.44. The number of hydrogen-bond donors (Lipinski definition) is 0. The van der Waals surface area contributed by atoms with Crippen molar-refractivity contribution >= 4 is 35.1 Å². The van der Waals surface area contributed by atoms with Gasteiger partial charge in [-0.2, -0.15) is 0 Å². The van der Waals surface area contributed by atoms with Gasteiger partial charge >= 0.3 is 0 Å². The average molecular weight is 407 g/mol. The Morgan fingerprint density at radius 1 is 1.00 bits per heavy atom. The molecule has 0 aliphatic carbocycles. The van der Waals surface area contributed by atoms with Gasteiger partial charge in [-0.25, -0.2) is 0 Å². The van der Waals surface area contributed by atoms with Crippen LogP contribution >= 0.6 is 35.1 Å². The molecule has 3 rings (SSSR count). The van der Waals surface area contributed by atoms with Gasteiger partial charge in [-0.05, 0) is 43.4 Å². The molecule has 0 unspecified atom stereocenters. The molecule has 0 N–H and O–H groups in total. The normalized spacial score (nSPS) is 10.8. The summed E-state index contributed by atoms with van der Waals surface area (Å²) in [5.74, 6) is 3.18. The molecule has 0 radical (unpaired) electrons. The Labute approximate surface area is 166 Å². The minimum atomic E-state index is 0.277. The van der Waals surface area contributed by atoms with Crippen molar-refractivity contribution < 1.29 is 9.15 Å². The molecule has 7 heteroatoms. The molecule has 0 bridgehead atoms. The fraction of sp³-hybridized carbons (Fsp3) is 0.263. The third-order valence-corrected chi connectivity index (χ3v) is 5.95. The molecule has 0 amide bonds. The minimum absolute atomic E-state index is 0.277. The van der Waals surface area contributed by atoms with Crippen LogP contribution in [0.3, 0.4) is 0 Å². The lowest BCUT2D eigenvalue weighted by Gasteiger charge is -2.03. The first-order chi connectivity index (χ1) is 12.7. The van der Waals surface area contributed by atoms with E-state index in [1.54, 1.807) is 23.5 Å². The van der Waals surface area contributed by atoms with Crippen LogP contribution in [0.5, 0.6) is 5.75 Å². The number of nitrogens with zero attached hydrogens (tertiary/aromatic N) is 2. The predicted molar refractivity (Wildman–Crippen MR) is 107 cm³/mol. The Balaban J connectivity index is 1.36. The van der Waals surface area contributed by atoms with E-state index in [4.69, 9.17) is 20.8 Å². The van der Waals surface area contributed by atoms with Crippen molar-refractivity contribution in [1.29, 1.82) is 0 Å². The van der Waals surface area contributed by atoms with Gasteiger partial charge in [0.05, 0.1) is 5.02 Å².